The lowest BCUT2D eigenvalue weighted by molar-refractivity contribution is 0.616. The highest BCUT2D eigenvalue weighted by atomic mass is 35.5. The molecule has 1 aromatic heterocycles. The zero-order valence-corrected chi connectivity index (χ0v) is 13.7. The predicted octanol–water partition coefficient (Wildman–Crippen LogP) is 4.00. The van der Waals surface area contributed by atoms with E-state index in [1.807, 2.05) is 45.9 Å². The van der Waals surface area contributed by atoms with Crippen LogP contribution in [0.2, 0.25) is 5.15 Å². The summed E-state index contributed by atoms with van der Waals surface area (Å²) in [6, 6.07) is 7.93. The van der Waals surface area contributed by atoms with Gasteiger partial charge in [0.15, 0.2) is 0 Å². The number of nitrogens with one attached hydrogen (secondary N) is 1. The van der Waals surface area contributed by atoms with Crippen molar-refractivity contribution in [1.82, 2.24) is 9.71 Å². The lowest BCUT2D eigenvalue weighted by atomic mass is 10.1. The highest BCUT2D eigenvalue weighted by molar-refractivity contribution is 7.84. The number of aromatic nitrogens is 1. The minimum atomic E-state index is -1.09. The molecule has 0 saturated carbocycles. The lowest BCUT2D eigenvalue weighted by Gasteiger charge is -2.22. The Balaban J connectivity index is 2.26. The molecule has 0 fully saturated rings. The number of pyridine rings is 1. The van der Waals surface area contributed by atoms with Gasteiger partial charge in [0.1, 0.15) is 5.15 Å². The number of halogens is 1. The fourth-order valence-electron chi connectivity index (χ4n) is 1.81. The van der Waals surface area contributed by atoms with E-state index in [9.17, 15) is 4.21 Å². The molecule has 2 atom stereocenters. The Hall–Kier alpha value is -0.970. The molecule has 0 unspecified atom stereocenters. The smallest absolute Gasteiger partial charge is 0.129 e. The maximum atomic E-state index is 12.1. The summed E-state index contributed by atoms with van der Waals surface area (Å²) in [5, 5.41) is 2.56. The second kappa shape index (κ2) is 5.80. The molecule has 0 bridgehead atoms. The fourth-order valence-corrected chi connectivity index (χ4v) is 2.78. The summed E-state index contributed by atoms with van der Waals surface area (Å²) in [5.74, 6) is 0. The molecule has 0 aliphatic carbocycles. The molecule has 1 N–H and O–H groups in total. The Morgan fingerprint density at radius 1 is 1.25 bits per heavy atom. The molecule has 108 valence electrons. The third kappa shape index (κ3) is 3.57. The van der Waals surface area contributed by atoms with Gasteiger partial charge in [0.05, 0.1) is 15.7 Å². The van der Waals surface area contributed by atoms with E-state index in [1.165, 1.54) is 0 Å². The second-order valence-electron chi connectivity index (χ2n) is 5.83. The molecule has 0 radical (unpaired) electrons. The molecule has 0 amide bonds. The van der Waals surface area contributed by atoms with Crippen LogP contribution in [0.1, 0.15) is 39.3 Å². The van der Waals surface area contributed by atoms with Gasteiger partial charge in [-0.1, -0.05) is 23.7 Å². The van der Waals surface area contributed by atoms with E-state index >= 15 is 0 Å². The van der Waals surface area contributed by atoms with Crippen LogP contribution in [-0.4, -0.2) is 13.9 Å². The predicted molar refractivity (Wildman–Crippen MR) is 86.2 cm³/mol. The quantitative estimate of drug-likeness (QED) is 0.871. The monoisotopic (exact) mass is 310 g/mol. The highest BCUT2D eigenvalue weighted by Gasteiger charge is 2.21. The number of hydrogen-bond donors (Lipinski definition) is 1. The van der Waals surface area contributed by atoms with Crippen molar-refractivity contribution in [2.75, 3.05) is 0 Å². The van der Waals surface area contributed by atoms with Crippen LogP contribution in [0.5, 0.6) is 0 Å². The first-order chi connectivity index (χ1) is 9.27. The molecule has 1 heterocycles. The van der Waals surface area contributed by atoms with Crippen LogP contribution in [0.15, 0.2) is 30.5 Å². The summed E-state index contributed by atoms with van der Waals surface area (Å²) >= 11 is 5.92. The van der Waals surface area contributed by atoms with Crippen LogP contribution in [0.25, 0.3) is 10.8 Å². The summed E-state index contributed by atoms with van der Waals surface area (Å²) in [4.78, 5) is 4.06. The van der Waals surface area contributed by atoms with E-state index in [0.29, 0.717) is 5.15 Å². The molecule has 5 heteroatoms. The number of hydrogen-bond acceptors (Lipinski definition) is 2. The molecule has 2 aromatic rings. The minimum absolute atomic E-state index is 0.00593. The summed E-state index contributed by atoms with van der Waals surface area (Å²) in [5.41, 5.74) is 1.08. The van der Waals surface area contributed by atoms with Crippen molar-refractivity contribution in [3.63, 3.8) is 0 Å². The number of rotatable bonds is 3. The Morgan fingerprint density at radius 3 is 2.60 bits per heavy atom. The van der Waals surface area contributed by atoms with E-state index in [4.69, 9.17) is 11.6 Å². The first kappa shape index (κ1) is 15.4. The van der Waals surface area contributed by atoms with Crippen LogP contribution in [0.3, 0.4) is 0 Å². The molecule has 3 nitrogen and oxygen atoms in total. The SMILES string of the molecule is C[C@@H](N[S@](=O)C(C)(C)C)c1ccc2cnc(Cl)cc2c1. The number of nitrogens with zero attached hydrogens (tertiary/aromatic N) is 1. The zero-order valence-electron chi connectivity index (χ0n) is 12.1. The molecule has 0 aliphatic rings. The van der Waals surface area contributed by atoms with E-state index < -0.39 is 11.0 Å². The van der Waals surface area contributed by atoms with E-state index in [2.05, 4.69) is 15.8 Å². The number of benzene rings is 1. The van der Waals surface area contributed by atoms with Gasteiger partial charge in [-0.15, -0.1) is 0 Å². The van der Waals surface area contributed by atoms with E-state index in [1.54, 1.807) is 6.20 Å². The standard InChI is InChI=1S/C15H19ClN2OS/c1-10(18-20(19)15(2,3)4)11-5-6-12-9-17-14(16)8-13(12)7-11/h5-10,18H,1-4H3/t10-,20-/m1/s1. The molecule has 20 heavy (non-hydrogen) atoms. The third-order valence-corrected chi connectivity index (χ3v) is 4.94. The Morgan fingerprint density at radius 2 is 1.95 bits per heavy atom. The molecule has 0 spiro atoms. The Bertz CT molecular complexity index is 652. The fraction of sp³-hybridized carbons (Fsp3) is 0.400. The third-order valence-electron chi connectivity index (χ3n) is 3.05. The Labute approximate surface area is 127 Å². The molecule has 2 rings (SSSR count). The van der Waals surface area contributed by atoms with Gasteiger partial charge in [-0.05, 0) is 50.8 Å². The molecular formula is C15H19ClN2OS. The Kier molecular flexibility index (Phi) is 4.47. The van der Waals surface area contributed by atoms with E-state index in [-0.39, 0.29) is 10.8 Å². The van der Waals surface area contributed by atoms with Gasteiger partial charge in [-0.2, -0.15) is 0 Å². The van der Waals surface area contributed by atoms with Gasteiger partial charge in [0.25, 0.3) is 0 Å². The van der Waals surface area contributed by atoms with Crippen molar-refractivity contribution >= 4 is 33.4 Å². The van der Waals surface area contributed by atoms with Crippen LogP contribution < -0.4 is 4.72 Å². The maximum Gasteiger partial charge on any atom is 0.129 e. The average molecular weight is 311 g/mol. The van der Waals surface area contributed by atoms with Crippen molar-refractivity contribution < 1.29 is 4.21 Å². The number of fused-ring (bicyclic) bond motifs is 1. The van der Waals surface area contributed by atoms with Gasteiger partial charge >= 0.3 is 0 Å². The van der Waals surface area contributed by atoms with Crippen molar-refractivity contribution in [3.05, 3.63) is 41.2 Å². The van der Waals surface area contributed by atoms with Crippen molar-refractivity contribution in [3.8, 4) is 0 Å². The van der Waals surface area contributed by atoms with Gasteiger partial charge in [-0.25, -0.2) is 13.9 Å². The first-order valence-corrected chi connectivity index (χ1v) is 8.03. The van der Waals surface area contributed by atoms with Crippen LogP contribution >= 0.6 is 11.6 Å². The zero-order chi connectivity index (χ0) is 14.9. The van der Waals surface area contributed by atoms with E-state index in [0.717, 1.165) is 16.3 Å². The summed E-state index contributed by atoms with van der Waals surface area (Å²) in [7, 11) is -1.09. The minimum Gasteiger partial charge on any atom is -0.244 e. The van der Waals surface area contributed by atoms with Gasteiger partial charge in [0, 0.05) is 17.6 Å². The topological polar surface area (TPSA) is 42.0 Å². The lowest BCUT2D eigenvalue weighted by Crippen LogP contribution is -2.34. The summed E-state index contributed by atoms with van der Waals surface area (Å²) in [6.07, 6.45) is 1.76. The largest absolute Gasteiger partial charge is 0.244 e. The van der Waals surface area contributed by atoms with Gasteiger partial charge in [0.2, 0.25) is 0 Å². The molecule has 0 saturated heterocycles. The second-order valence-corrected chi connectivity index (χ2v) is 8.22. The van der Waals surface area contributed by atoms with Crippen LogP contribution in [0.4, 0.5) is 0 Å². The first-order valence-electron chi connectivity index (χ1n) is 6.50. The maximum absolute atomic E-state index is 12.1. The molecule has 0 aliphatic heterocycles. The average Bonchev–Trinajstić information content (AvgIpc) is 2.36. The van der Waals surface area contributed by atoms with Crippen molar-refractivity contribution in [2.45, 2.75) is 38.5 Å². The summed E-state index contributed by atoms with van der Waals surface area (Å²) < 4.78 is 15.0. The van der Waals surface area contributed by atoms with Gasteiger partial charge < -0.3 is 0 Å². The van der Waals surface area contributed by atoms with Crippen LogP contribution in [-0.2, 0) is 11.0 Å². The van der Waals surface area contributed by atoms with Crippen LogP contribution in [0, 0.1) is 0 Å². The summed E-state index contributed by atoms with van der Waals surface area (Å²) in [6.45, 7) is 7.87. The molecular weight excluding hydrogens is 292 g/mol. The van der Waals surface area contributed by atoms with Crippen molar-refractivity contribution in [1.29, 1.82) is 0 Å². The highest BCUT2D eigenvalue weighted by Crippen LogP contribution is 2.23. The normalized spacial score (nSPS) is 15.2. The van der Waals surface area contributed by atoms with Crippen molar-refractivity contribution in [2.24, 2.45) is 0 Å². The molecule has 1 aromatic carbocycles. The van der Waals surface area contributed by atoms with Gasteiger partial charge in [-0.3, -0.25) is 0 Å².